The number of carbonyl (C=O) groups is 1. The van der Waals surface area contributed by atoms with Crippen molar-refractivity contribution in [1.82, 2.24) is 9.88 Å². The molecule has 2 heterocycles. The minimum absolute atomic E-state index is 0.0741. The molecule has 2 amide bonds. The van der Waals surface area contributed by atoms with Crippen LogP contribution < -0.4 is 9.64 Å². The van der Waals surface area contributed by atoms with Crippen molar-refractivity contribution in [3.05, 3.63) is 53.3 Å². The van der Waals surface area contributed by atoms with Gasteiger partial charge in [0.25, 0.3) is 0 Å². The number of hydrogen-bond donors (Lipinski definition) is 0. The fourth-order valence-corrected chi connectivity index (χ4v) is 3.18. The maximum Gasteiger partial charge on any atom is 0.324 e. The largest absolute Gasteiger partial charge is 0.491 e. The molecular formula is C20H24BrN3O3. The number of rotatable bonds is 10. The highest BCUT2D eigenvalue weighted by Gasteiger charge is 2.28. The zero-order valence-electron chi connectivity index (χ0n) is 15.2. The lowest BCUT2D eigenvalue weighted by Gasteiger charge is -2.18. The number of halogens is 1. The standard InChI is InChI=1S/C20H24BrN3O3/c21-17-3-5-19(6-4-17)27-16-15-26-14-2-1-11-23-12-13-24(20(23)25)18-7-9-22-10-8-18/h3-10H,1-2,11-16H2. The van der Waals surface area contributed by atoms with Crippen LogP contribution in [0.3, 0.4) is 0 Å². The van der Waals surface area contributed by atoms with E-state index in [1.807, 2.05) is 41.3 Å². The first-order valence-electron chi connectivity index (χ1n) is 9.16. The molecule has 0 bridgehead atoms. The van der Waals surface area contributed by atoms with Gasteiger partial charge in [0.15, 0.2) is 0 Å². The van der Waals surface area contributed by atoms with Crippen molar-refractivity contribution >= 4 is 27.6 Å². The number of benzene rings is 1. The first-order chi connectivity index (χ1) is 13.2. The summed E-state index contributed by atoms with van der Waals surface area (Å²) in [4.78, 5) is 20.1. The minimum Gasteiger partial charge on any atom is -0.491 e. The van der Waals surface area contributed by atoms with Gasteiger partial charge < -0.3 is 14.4 Å². The summed E-state index contributed by atoms with van der Waals surface area (Å²) in [5.41, 5.74) is 0.909. The summed E-state index contributed by atoms with van der Waals surface area (Å²) < 4.78 is 12.2. The first kappa shape index (κ1) is 19.6. The Bertz CT molecular complexity index is 712. The van der Waals surface area contributed by atoms with Crippen LogP contribution in [-0.2, 0) is 4.74 Å². The predicted molar refractivity (Wildman–Crippen MR) is 108 cm³/mol. The van der Waals surface area contributed by atoms with Gasteiger partial charge in [0.05, 0.1) is 6.61 Å². The average Bonchev–Trinajstić information content (AvgIpc) is 3.06. The molecule has 1 aliphatic heterocycles. The van der Waals surface area contributed by atoms with E-state index in [0.29, 0.717) is 19.8 Å². The Morgan fingerprint density at radius 2 is 1.74 bits per heavy atom. The van der Waals surface area contributed by atoms with Crippen molar-refractivity contribution in [2.75, 3.05) is 44.4 Å². The van der Waals surface area contributed by atoms with E-state index in [4.69, 9.17) is 9.47 Å². The number of nitrogens with zero attached hydrogens (tertiary/aromatic N) is 3. The molecule has 0 N–H and O–H groups in total. The number of anilines is 1. The van der Waals surface area contributed by atoms with Crippen LogP contribution >= 0.6 is 15.9 Å². The van der Waals surface area contributed by atoms with Crippen LogP contribution in [0.25, 0.3) is 0 Å². The molecule has 1 aliphatic rings. The van der Waals surface area contributed by atoms with Gasteiger partial charge in [-0.15, -0.1) is 0 Å². The van der Waals surface area contributed by atoms with Gasteiger partial charge in [-0.2, -0.15) is 0 Å². The summed E-state index contributed by atoms with van der Waals surface area (Å²) in [7, 11) is 0. The Morgan fingerprint density at radius 1 is 0.963 bits per heavy atom. The van der Waals surface area contributed by atoms with Gasteiger partial charge >= 0.3 is 6.03 Å². The third-order valence-corrected chi connectivity index (χ3v) is 4.87. The number of carbonyl (C=O) groups excluding carboxylic acids is 1. The number of hydrogen-bond acceptors (Lipinski definition) is 4. The van der Waals surface area contributed by atoms with Crippen LogP contribution in [0.1, 0.15) is 12.8 Å². The molecule has 0 spiro atoms. The van der Waals surface area contributed by atoms with E-state index in [0.717, 1.165) is 48.4 Å². The number of amides is 2. The fraction of sp³-hybridized carbons (Fsp3) is 0.400. The molecule has 2 aromatic rings. The summed E-state index contributed by atoms with van der Waals surface area (Å²) in [5.74, 6) is 0.841. The third-order valence-electron chi connectivity index (χ3n) is 4.35. The van der Waals surface area contributed by atoms with Crippen LogP contribution in [0.4, 0.5) is 10.5 Å². The molecule has 144 valence electrons. The lowest BCUT2D eigenvalue weighted by molar-refractivity contribution is 0.0963. The average molecular weight is 434 g/mol. The topological polar surface area (TPSA) is 54.9 Å². The quantitative estimate of drug-likeness (QED) is 0.532. The monoisotopic (exact) mass is 433 g/mol. The van der Waals surface area contributed by atoms with Crippen molar-refractivity contribution in [2.45, 2.75) is 12.8 Å². The molecule has 27 heavy (non-hydrogen) atoms. The molecule has 0 aliphatic carbocycles. The van der Waals surface area contributed by atoms with Crippen molar-refractivity contribution in [2.24, 2.45) is 0 Å². The Kier molecular flexibility index (Phi) is 7.47. The van der Waals surface area contributed by atoms with E-state index in [9.17, 15) is 4.79 Å². The predicted octanol–water partition coefficient (Wildman–Crippen LogP) is 3.96. The van der Waals surface area contributed by atoms with Crippen molar-refractivity contribution < 1.29 is 14.3 Å². The second-order valence-corrected chi connectivity index (χ2v) is 7.16. The van der Waals surface area contributed by atoms with Crippen LogP contribution in [-0.4, -0.2) is 55.4 Å². The smallest absolute Gasteiger partial charge is 0.324 e. The number of ether oxygens (including phenoxy) is 2. The van der Waals surface area contributed by atoms with Crippen LogP contribution in [0.15, 0.2) is 53.3 Å². The van der Waals surface area contributed by atoms with Gasteiger partial charge in [0.1, 0.15) is 12.4 Å². The molecule has 0 atom stereocenters. The van der Waals surface area contributed by atoms with E-state index in [-0.39, 0.29) is 6.03 Å². The van der Waals surface area contributed by atoms with Crippen molar-refractivity contribution in [3.63, 3.8) is 0 Å². The van der Waals surface area contributed by atoms with Crippen molar-refractivity contribution in [1.29, 1.82) is 0 Å². The van der Waals surface area contributed by atoms with Gasteiger partial charge in [-0.05, 0) is 49.2 Å². The molecule has 0 saturated carbocycles. The molecule has 1 aromatic carbocycles. The SMILES string of the molecule is O=C1N(CCCCOCCOc2ccc(Br)cc2)CCN1c1ccncc1. The molecule has 0 unspecified atom stereocenters. The van der Waals surface area contributed by atoms with E-state index in [1.54, 1.807) is 17.3 Å². The highest BCUT2D eigenvalue weighted by molar-refractivity contribution is 9.10. The summed E-state index contributed by atoms with van der Waals surface area (Å²) in [6.45, 7) is 4.04. The third kappa shape index (κ3) is 5.94. The Hall–Kier alpha value is -2.12. The second-order valence-electron chi connectivity index (χ2n) is 6.25. The lowest BCUT2D eigenvalue weighted by atomic mass is 10.3. The molecular weight excluding hydrogens is 410 g/mol. The van der Waals surface area contributed by atoms with Crippen LogP contribution in [0.2, 0.25) is 0 Å². The van der Waals surface area contributed by atoms with Crippen molar-refractivity contribution in [3.8, 4) is 5.75 Å². The van der Waals surface area contributed by atoms with Crippen LogP contribution in [0.5, 0.6) is 5.75 Å². The Morgan fingerprint density at radius 3 is 2.52 bits per heavy atom. The van der Waals surface area contributed by atoms with E-state index < -0.39 is 0 Å². The van der Waals surface area contributed by atoms with Gasteiger partial charge in [-0.3, -0.25) is 9.88 Å². The van der Waals surface area contributed by atoms with Gasteiger partial charge in [0, 0.05) is 48.8 Å². The molecule has 1 aromatic heterocycles. The summed E-state index contributed by atoms with van der Waals surface area (Å²) in [5, 5.41) is 0. The summed E-state index contributed by atoms with van der Waals surface area (Å²) in [6.07, 6.45) is 5.28. The zero-order valence-corrected chi connectivity index (χ0v) is 16.8. The highest BCUT2D eigenvalue weighted by atomic mass is 79.9. The molecule has 0 radical (unpaired) electrons. The van der Waals surface area contributed by atoms with E-state index in [1.165, 1.54) is 0 Å². The molecule has 6 nitrogen and oxygen atoms in total. The molecule has 3 rings (SSSR count). The highest BCUT2D eigenvalue weighted by Crippen LogP contribution is 2.19. The second kappa shape index (κ2) is 10.3. The maximum atomic E-state index is 12.4. The van der Waals surface area contributed by atoms with E-state index in [2.05, 4.69) is 20.9 Å². The van der Waals surface area contributed by atoms with E-state index >= 15 is 0 Å². The van der Waals surface area contributed by atoms with Crippen LogP contribution in [0, 0.1) is 0 Å². The number of unbranched alkanes of at least 4 members (excludes halogenated alkanes) is 1. The zero-order chi connectivity index (χ0) is 18.9. The number of pyridine rings is 1. The Balaban J connectivity index is 1.24. The fourth-order valence-electron chi connectivity index (χ4n) is 2.91. The normalized spacial score (nSPS) is 14.0. The van der Waals surface area contributed by atoms with Gasteiger partial charge in [0.2, 0.25) is 0 Å². The first-order valence-corrected chi connectivity index (χ1v) is 9.96. The van der Waals surface area contributed by atoms with Gasteiger partial charge in [-0.1, -0.05) is 15.9 Å². The molecule has 1 saturated heterocycles. The minimum atomic E-state index is 0.0741. The van der Waals surface area contributed by atoms with Gasteiger partial charge in [-0.25, -0.2) is 4.79 Å². The lowest BCUT2D eigenvalue weighted by Crippen LogP contribution is -2.32. The molecule has 1 fully saturated rings. The molecule has 7 heteroatoms. The number of aromatic nitrogens is 1. The maximum absolute atomic E-state index is 12.4. The summed E-state index contributed by atoms with van der Waals surface area (Å²) in [6, 6.07) is 11.6. The number of urea groups is 1. The Labute approximate surface area is 168 Å². The summed E-state index contributed by atoms with van der Waals surface area (Å²) >= 11 is 3.40.